The number of nitrogens with zero attached hydrogens (tertiary/aromatic N) is 5. The Morgan fingerprint density at radius 3 is 2.58 bits per heavy atom. The molecule has 0 saturated carbocycles. The summed E-state index contributed by atoms with van der Waals surface area (Å²) >= 11 is 6.04. The molecule has 11 heteroatoms. The first-order valence-corrected chi connectivity index (χ1v) is 14.5. The number of hydrogen-bond acceptors (Lipinski definition) is 8. The SMILES string of the molecule is O=C([C@@H]1CCCO1)N1CCC(Nc2nc(N3CCN(c4ccc(Cl)cc4)CC3)nc3c2[S@](=O)CC3)C1. The predicted molar refractivity (Wildman–Crippen MR) is 140 cm³/mol. The minimum atomic E-state index is -1.10. The molecule has 1 aromatic carbocycles. The van der Waals surface area contributed by atoms with Crippen molar-refractivity contribution in [3.63, 3.8) is 0 Å². The first kappa shape index (κ1) is 23.9. The Labute approximate surface area is 218 Å². The van der Waals surface area contributed by atoms with E-state index >= 15 is 0 Å². The molecule has 192 valence electrons. The van der Waals surface area contributed by atoms with Crippen LogP contribution in [-0.2, 0) is 26.8 Å². The summed E-state index contributed by atoms with van der Waals surface area (Å²) in [5.41, 5.74) is 2.04. The Morgan fingerprint density at radius 2 is 1.83 bits per heavy atom. The molecule has 9 nitrogen and oxygen atoms in total. The third-order valence-electron chi connectivity index (χ3n) is 7.48. The number of likely N-dealkylation sites (tertiary alicyclic amines) is 1. The van der Waals surface area contributed by atoms with Crippen molar-refractivity contribution in [2.24, 2.45) is 0 Å². The lowest BCUT2D eigenvalue weighted by Gasteiger charge is -2.36. The lowest BCUT2D eigenvalue weighted by molar-refractivity contribution is -0.139. The Bertz CT molecular complexity index is 1150. The highest BCUT2D eigenvalue weighted by atomic mass is 35.5. The number of amides is 1. The minimum Gasteiger partial charge on any atom is -0.368 e. The fourth-order valence-corrected chi connectivity index (χ4v) is 6.93. The van der Waals surface area contributed by atoms with E-state index in [1.54, 1.807) is 0 Å². The fraction of sp³-hybridized carbons (Fsp3) is 0.560. The van der Waals surface area contributed by atoms with Crippen molar-refractivity contribution in [1.29, 1.82) is 0 Å². The van der Waals surface area contributed by atoms with Crippen LogP contribution >= 0.6 is 11.6 Å². The van der Waals surface area contributed by atoms with E-state index in [0.717, 1.165) is 66.7 Å². The van der Waals surface area contributed by atoms with Crippen molar-refractivity contribution in [2.45, 2.75) is 42.7 Å². The van der Waals surface area contributed by atoms with Gasteiger partial charge in [-0.05, 0) is 43.5 Å². The second-order valence-electron chi connectivity index (χ2n) is 9.81. The van der Waals surface area contributed by atoms with Crippen LogP contribution in [0.2, 0.25) is 5.02 Å². The zero-order valence-corrected chi connectivity index (χ0v) is 21.8. The number of carbonyl (C=O) groups excluding carboxylic acids is 1. The van der Waals surface area contributed by atoms with Crippen molar-refractivity contribution in [2.75, 3.05) is 66.7 Å². The number of fused-ring (bicyclic) bond motifs is 1. The van der Waals surface area contributed by atoms with Crippen LogP contribution in [0.1, 0.15) is 25.0 Å². The predicted octanol–water partition coefficient (Wildman–Crippen LogP) is 2.31. The number of ether oxygens (including phenoxy) is 1. The van der Waals surface area contributed by atoms with E-state index in [1.807, 2.05) is 17.0 Å². The zero-order valence-electron chi connectivity index (χ0n) is 20.2. The number of aromatic nitrogens is 2. The van der Waals surface area contributed by atoms with E-state index < -0.39 is 10.8 Å². The molecular weight excluding hydrogens is 500 g/mol. The molecule has 0 aliphatic carbocycles. The van der Waals surface area contributed by atoms with E-state index in [9.17, 15) is 9.00 Å². The molecule has 1 unspecified atom stereocenters. The summed E-state index contributed by atoms with van der Waals surface area (Å²) in [5.74, 6) is 2.03. The quantitative estimate of drug-likeness (QED) is 0.630. The van der Waals surface area contributed by atoms with Crippen LogP contribution in [-0.4, -0.2) is 88.8 Å². The number of benzene rings is 1. The largest absolute Gasteiger partial charge is 0.368 e. The molecule has 1 aromatic heterocycles. The average molecular weight is 531 g/mol. The van der Waals surface area contributed by atoms with Crippen LogP contribution in [0.15, 0.2) is 29.2 Å². The topological polar surface area (TPSA) is 90.9 Å². The smallest absolute Gasteiger partial charge is 0.251 e. The Balaban J connectivity index is 1.15. The van der Waals surface area contributed by atoms with Gasteiger partial charge in [-0.25, -0.2) is 4.98 Å². The molecule has 4 aliphatic heterocycles. The number of halogens is 1. The van der Waals surface area contributed by atoms with Crippen LogP contribution in [0.3, 0.4) is 0 Å². The molecule has 3 fully saturated rings. The van der Waals surface area contributed by atoms with Gasteiger partial charge in [0.15, 0.2) is 0 Å². The maximum atomic E-state index is 12.8. The van der Waals surface area contributed by atoms with Gasteiger partial charge in [0.25, 0.3) is 5.91 Å². The van der Waals surface area contributed by atoms with Gasteiger partial charge in [0.2, 0.25) is 5.95 Å². The molecule has 4 aliphatic rings. The van der Waals surface area contributed by atoms with E-state index in [-0.39, 0.29) is 18.1 Å². The maximum absolute atomic E-state index is 12.8. The van der Waals surface area contributed by atoms with Crippen LogP contribution in [0.4, 0.5) is 17.5 Å². The van der Waals surface area contributed by atoms with Gasteiger partial charge in [0.1, 0.15) is 16.8 Å². The molecule has 36 heavy (non-hydrogen) atoms. The number of hydrogen-bond donors (Lipinski definition) is 1. The monoisotopic (exact) mass is 530 g/mol. The highest BCUT2D eigenvalue weighted by Gasteiger charge is 2.35. The van der Waals surface area contributed by atoms with Crippen molar-refractivity contribution in [1.82, 2.24) is 14.9 Å². The fourth-order valence-electron chi connectivity index (χ4n) is 5.49. The number of piperazine rings is 1. The molecule has 0 radical (unpaired) electrons. The number of nitrogens with one attached hydrogen (secondary N) is 1. The van der Waals surface area contributed by atoms with Gasteiger partial charge in [-0.15, -0.1) is 0 Å². The summed E-state index contributed by atoms with van der Waals surface area (Å²) in [7, 11) is -1.10. The third kappa shape index (κ3) is 4.78. The molecule has 1 N–H and O–H groups in total. The first-order chi connectivity index (χ1) is 17.5. The highest BCUT2D eigenvalue weighted by Crippen LogP contribution is 2.32. The first-order valence-electron chi connectivity index (χ1n) is 12.8. The van der Waals surface area contributed by atoms with Gasteiger partial charge in [-0.2, -0.15) is 4.98 Å². The summed E-state index contributed by atoms with van der Waals surface area (Å²) < 4.78 is 18.4. The second kappa shape index (κ2) is 10.1. The molecule has 3 atom stereocenters. The van der Waals surface area contributed by atoms with Gasteiger partial charge in [-0.1, -0.05) is 11.6 Å². The lowest BCUT2D eigenvalue weighted by Crippen LogP contribution is -2.47. The number of rotatable bonds is 5. The van der Waals surface area contributed by atoms with Gasteiger partial charge in [0.05, 0.1) is 16.5 Å². The standard InChI is InChI=1S/C25H31ClN6O3S/c26-17-3-5-19(6-4-17)30-10-12-31(13-11-30)25-28-20-8-15-36(34)22(20)23(29-25)27-18-7-9-32(16-18)24(33)21-2-1-14-35-21/h3-6,18,21H,1-2,7-16H2,(H,27,28,29)/t18?,21-,36+/m0/s1. The van der Waals surface area contributed by atoms with E-state index in [1.165, 1.54) is 0 Å². The summed E-state index contributed by atoms with van der Waals surface area (Å²) in [4.78, 5) is 29.7. The van der Waals surface area contributed by atoms with Gasteiger partial charge >= 0.3 is 0 Å². The minimum absolute atomic E-state index is 0.0709. The van der Waals surface area contributed by atoms with Crippen molar-refractivity contribution >= 4 is 45.8 Å². The molecule has 6 rings (SSSR count). The molecule has 0 spiro atoms. The Hall–Kier alpha value is -2.43. The number of aryl methyl sites for hydroxylation is 1. The van der Waals surface area contributed by atoms with E-state index in [0.29, 0.717) is 43.6 Å². The molecule has 0 bridgehead atoms. The molecule has 2 aromatic rings. The average Bonchev–Trinajstić information content (AvgIpc) is 3.66. The lowest BCUT2D eigenvalue weighted by atomic mass is 10.2. The van der Waals surface area contributed by atoms with Crippen molar-refractivity contribution in [3.8, 4) is 0 Å². The van der Waals surface area contributed by atoms with Gasteiger partial charge in [0, 0.05) is 74.8 Å². The third-order valence-corrected chi connectivity index (χ3v) is 9.19. The molecular formula is C25H31ClN6O3S. The highest BCUT2D eigenvalue weighted by molar-refractivity contribution is 7.85. The maximum Gasteiger partial charge on any atom is 0.251 e. The second-order valence-corrected chi connectivity index (χ2v) is 11.8. The van der Waals surface area contributed by atoms with Crippen LogP contribution in [0.25, 0.3) is 0 Å². The summed E-state index contributed by atoms with van der Waals surface area (Å²) in [5, 5.41) is 4.28. The summed E-state index contributed by atoms with van der Waals surface area (Å²) in [6, 6.07) is 8.01. The van der Waals surface area contributed by atoms with Gasteiger partial charge < -0.3 is 24.8 Å². The zero-order chi connectivity index (χ0) is 24.6. The Kier molecular flexibility index (Phi) is 6.74. The summed E-state index contributed by atoms with van der Waals surface area (Å²) in [6.45, 7) is 5.31. The Morgan fingerprint density at radius 1 is 1.06 bits per heavy atom. The number of anilines is 3. The van der Waals surface area contributed by atoms with Crippen LogP contribution in [0, 0.1) is 0 Å². The van der Waals surface area contributed by atoms with Crippen LogP contribution < -0.4 is 15.1 Å². The molecule has 5 heterocycles. The van der Waals surface area contributed by atoms with Crippen molar-refractivity contribution < 1.29 is 13.7 Å². The van der Waals surface area contributed by atoms with Crippen LogP contribution in [0.5, 0.6) is 0 Å². The molecule has 3 saturated heterocycles. The van der Waals surface area contributed by atoms with Gasteiger partial charge in [-0.3, -0.25) is 9.00 Å². The van der Waals surface area contributed by atoms with Crippen molar-refractivity contribution in [3.05, 3.63) is 35.0 Å². The van der Waals surface area contributed by atoms with E-state index in [4.69, 9.17) is 26.3 Å². The normalized spacial score (nSPS) is 25.9. The number of carbonyl (C=O) groups is 1. The molecule has 1 amide bonds. The van der Waals surface area contributed by atoms with E-state index in [2.05, 4.69) is 27.2 Å². The summed E-state index contributed by atoms with van der Waals surface area (Å²) in [6.07, 6.45) is 2.99.